The third kappa shape index (κ3) is 3.70. The van der Waals surface area contributed by atoms with E-state index in [1.165, 1.54) is 22.4 Å². The maximum atomic E-state index is 9.33. The lowest BCUT2D eigenvalue weighted by molar-refractivity contribution is -0.0660. The minimum Gasteiger partial charge on any atom is -0.378 e. The number of nitriles is 1. The Labute approximate surface area is 156 Å². The quantitative estimate of drug-likeness (QED) is 0.836. The van der Waals surface area contributed by atoms with Crippen molar-refractivity contribution in [2.45, 2.75) is 32.2 Å². The zero-order valence-corrected chi connectivity index (χ0v) is 15.6. The molecule has 2 heterocycles. The Balaban J connectivity index is 1.51. The fourth-order valence-corrected chi connectivity index (χ4v) is 4.04. The van der Waals surface area contributed by atoms with Crippen LogP contribution in [0.25, 0.3) is 0 Å². The third-order valence-corrected chi connectivity index (χ3v) is 5.86. The SMILES string of the molecule is CC1=CC=C(Cc2cc(C#N)ccc2N2CCN(C3COC3)CC2)CC1. The van der Waals surface area contributed by atoms with Gasteiger partial charge in [-0.3, -0.25) is 4.90 Å². The van der Waals surface area contributed by atoms with Gasteiger partial charge in [-0.15, -0.1) is 0 Å². The Hall–Kier alpha value is -2.09. The monoisotopic (exact) mass is 349 g/mol. The van der Waals surface area contributed by atoms with Crippen LogP contribution < -0.4 is 4.90 Å². The lowest BCUT2D eigenvalue weighted by Gasteiger charge is -2.43. The summed E-state index contributed by atoms with van der Waals surface area (Å²) in [6.07, 6.45) is 7.75. The Morgan fingerprint density at radius 3 is 2.54 bits per heavy atom. The molecular formula is C22H27N3O. The maximum Gasteiger partial charge on any atom is 0.0991 e. The van der Waals surface area contributed by atoms with Crippen molar-refractivity contribution in [1.29, 1.82) is 5.26 Å². The molecule has 1 aromatic rings. The number of hydrogen-bond acceptors (Lipinski definition) is 4. The van der Waals surface area contributed by atoms with E-state index in [4.69, 9.17) is 4.74 Å². The van der Waals surface area contributed by atoms with Crippen LogP contribution in [0.2, 0.25) is 0 Å². The van der Waals surface area contributed by atoms with E-state index in [9.17, 15) is 5.26 Å². The standard InChI is InChI=1S/C22H27N3O/c1-17-2-4-18(5-3-17)12-20-13-19(14-23)6-7-22(20)25-10-8-24(9-11-25)21-15-26-16-21/h2,4,6-7,13,21H,3,5,8-12,15-16H2,1H3. The Kier molecular flexibility index (Phi) is 5.10. The highest BCUT2D eigenvalue weighted by molar-refractivity contribution is 5.58. The van der Waals surface area contributed by atoms with Crippen LogP contribution in [0.5, 0.6) is 0 Å². The third-order valence-electron chi connectivity index (χ3n) is 5.86. The number of rotatable bonds is 4. The molecule has 26 heavy (non-hydrogen) atoms. The lowest BCUT2D eigenvalue weighted by atomic mass is 9.92. The summed E-state index contributed by atoms with van der Waals surface area (Å²) in [7, 11) is 0. The predicted octanol–water partition coefficient (Wildman–Crippen LogP) is 3.29. The van der Waals surface area contributed by atoms with E-state index >= 15 is 0 Å². The molecule has 0 unspecified atom stereocenters. The van der Waals surface area contributed by atoms with Crippen molar-refractivity contribution in [2.24, 2.45) is 0 Å². The maximum absolute atomic E-state index is 9.33. The van der Waals surface area contributed by atoms with Crippen molar-refractivity contribution >= 4 is 5.69 Å². The van der Waals surface area contributed by atoms with Gasteiger partial charge < -0.3 is 9.64 Å². The van der Waals surface area contributed by atoms with Crippen LogP contribution in [-0.4, -0.2) is 50.3 Å². The molecule has 0 N–H and O–H groups in total. The minimum absolute atomic E-state index is 0.625. The molecule has 0 amide bonds. The summed E-state index contributed by atoms with van der Waals surface area (Å²) < 4.78 is 5.34. The molecule has 2 saturated heterocycles. The molecule has 0 aromatic heterocycles. The summed E-state index contributed by atoms with van der Waals surface area (Å²) in [5.74, 6) is 0. The summed E-state index contributed by atoms with van der Waals surface area (Å²) >= 11 is 0. The number of allylic oxidation sites excluding steroid dienone is 4. The molecule has 0 spiro atoms. The molecule has 4 heteroatoms. The molecule has 136 valence electrons. The summed E-state index contributed by atoms with van der Waals surface area (Å²) in [6, 6.07) is 9.14. The van der Waals surface area contributed by atoms with Crippen molar-refractivity contribution in [3.8, 4) is 6.07 Å². The van der Waals surface area contributed by atoms with Crippen molar-refractivity contribution in [3.05, 3.63) is 52.6 Å². The number of benzene rings is 1. The van der Waals surface area contributed by atoms with Crippen LogP contribution in [0.1, 0.15) is 30.9 Å². The Morgan fingerprint density at radius 1 is 1.12 bits per heavy atom. The zero-order valence-electron chi connectivity index (χ0n) is 15.6. The molecule has 0 radical (unpaired) electrons. The fraction of sp³-hybridized carbons (Fsp3) is 0.500. The Bertz CT molecular complexity index is 762. The van der Waals surface area contributed by atoms with E-state index in [-0.39, 0.29) is 0 Å². The highest BCUT2D eigenvalue weighted by atomic mass is 16.5. The second-order valence-corrected chi connectivity index (χ2v) is 7.68. The molecule has 0 atom stereocenters. The highest BCUT2D eigenvalue weighted by Gasteiger charge is 2.29. The molecule has 4 rings (SSSR count). The van der Waals surface area contributed by atoms with Gasteiger partial charge in [-0.05, 0) is 49.9 Å². The number of anilines is 1. The first-order chi connectivity index (χ1) is 12.7. The predicted molar refractivity (Wildman–Crippen MR) is 104 cm³/mol. The molecule has 4 nitrogen and oxygen atoms in total. The molecule has 3 aliphatic rings. The normalized spacial score (nSPS) is 21.6. The van der Waals surface area contributed by atoms with Crippen LogP contribution in [-0.2, 0) is 11.2 Å². The first-order valence-corrected chi connectivity index (χ1v) is 9.68. The largest absolute Gasteiger partial charge is 0.378 e. The van der Waals surface area contributed by atoms with Crippen molar-refractivity contribution in [1.82, 2.24) is 4.90 Å². The first-order valence-electron chi connectivity index (χ1n) is 9.68. The van der Waals surface area contributed by atoms with Crippen LogP contribution in [0.15, 0.2) is 41.5 Å². The van der Waals surface area contributed by atoms with Gasteiger partial charge in [-0.25, -0.2) is 0 Å². The second-order valence-electron chi connectivity index (χ2n) is 7.68. The molecule has 2 fully saturated rings. The van der Waals surface area contributed by atoms with Gasteiger partial charge in [0.2, 0.25) is 0 Å². The van der Waals surface area contributed by atoms with Gasteiger partial charge >= 0.3 is 0 Å². The lowest BCUT2D eigenvalue weighted by Crippen LogP contribution is -2.56. The molecule has 1 aliphatic carbocycles. The van der Waals surface area contributed by atoms with Crippen molar-refractivity contribution in [3.63, 3.8) is 0 Å². The first kappa shape index (κ1) is 17.3. The second kappa shape index (κ2) is 7.65. The summed E-state index contributed by atoms with van der Waals surface area (Å²) in [5.41, 5.74) is 6.29. The molecular weight excluding hydrogens is 322 g/mol. The topological polar surface area (TPSA) is 39.5 Å². The zero-order chi connectivity index (χ0) is 17.9. The van der Waals surface area contributed by atoms with Crippen LogP contribution >= 0.6 is 0 Å². The van der Waals surface area contributed by atoms with Gasteiger partial charge in [0.25, 0.3) is 0 Å². The van der Waals surface area contributed by atoms with Gasteiger partial charge in [-0.2, -0.15) is 5.26 Å². The number of ether oxygens (including phenoxy) is 1. The average Bonchev–Trinajstić information content (AvgIpc) is 2.63. The molecule has 0 bridgehead atoms. The summed E-state index contributed by atoms with van der Waals surface area (Å²) in [5, 5.41) is 9.33. The van der Waals surface area contributed by atoms with Gasteiger partial charge in [0.15, 0.2) is 0 Å². The molecule has 2 aliphatic heterocycles. The Morgan fingerprint density at radius 2 is 1.92 bits per heavy atom. The van der Waals surface area contributed by atoms with Crippen LogP contribution in [0, 0.1) is 11.3 Å². The van der Waals surface area contributed by atoms with Gasteiger partial charge in [-0.1, -0.05) is 23.3 Å². The average molecular weight is 349 g/mol. The van der Waals surface area contributed by atoms with Crippen molar-refractivity contribution < 1.29 is 4.74 Å². The van der Waals surface area contributed by atoms with Gasteiger partial charge in [0.05, 0.1) is 30.9 Å². The van der Waals surface area contributed by atoms with Crippen LogP contribution in [0.4, 0.5) is 5.69 Å². The number of nitrogens with zero attached hydrogens (tertiary/aromatic N) is 3. The van der Waals surface area contributed by atoms with Gasteiger partial charge in [0.1, 0.15) is 0 Å². The molecule has 0 saturated carbocycles. The van der Waals surface area contributed by atoms with Crippen LogP contribution in [0.3, 0.4) is 0 Å². The van der Waals surface area contributed by atoms with Gasteiger partial charge in [0, 0.05) is 31.9 Å². The van der Waals surface area contributed by atoms with E-state index in [1.807, 2.05) is 6.07 Å². The number of hydrogen-bond donors (Lipinski definition) is 0. The summed E-state index contributed by atoms with van der Waals surface area (Å²) in [6.45, 7) is 8.27. The fourth-order valence-electron chi connectivity index (χ4n) is 4.04. The van der Waals surface area contributed by atoms with E-state index < -0.39 is 0 Å². The van der Waals surface area contributed by atoms with Crippen molar-refractivity contribution in [2.75, 3.05) is 44.3 Å². The van der Waals surface area contributed by atoms with E-state index in [1.54, 1.807) is 0 Å². The highest BCUT2D eigenvalue weighted by Crippen LogP contribution is 2.29. The molecule has 1 aromatic carbocycles. The minimum atomic E-state index is 0.625. The van der Waals surface area contributed by atoms with E-state index in [0.29, 0.717) is 6.04 Å². The number of piperazine rings is 1. The van der Waals surface area contributed by atoms with E-state index in [2.05, 4.69) is 47.1 Å². The smallest absolute Gasteiger partial charge is 0.0991 e. The summed E-state index contributed by atoms with van der Waals surface area (Å²) in [4.78, 5) is 5.05. The van der Waals surface area contributed by atoms with E-state index in [0.717, 1.165) is 64.2 Å².